The lowest BCUT2D eigenvalue weighted by Gasteiger charge is -2.50. The Kier molecular flexibility index (Phi) is 5.39. The van der Waals surface area contributed by atoms with Crippen LogP contribution < -0.4 is 14.4 Å². The van der Waals surface area contributed by atoms with Crippen molar-refractivity contribution in [2.45, 2.75) is 12.1 Å². The molecule has 1 fully saturated rings. The largest absolute Gasteiger partial charge is 0.497 e. The van der Waals surface area contributed by atoms with Crippen molar-refractivity contribution >= 4 is 29.1 Å². The summed E-state index contributed by atoms with van der Waals surface area (Å²) in [4.78, 5) is 53.1. The quantitative estimate of drug-likeness (QED) is 0.224. The number of amides is 3. The zero-order valence-electron chi connectivity index (χ0n) is 19.0. The average molecular weight is 491 g/mol. The van der Waals surface area contributed by atoms with E-state index in [1.807, 2.05) is 0 Å². The van der Waals surface area contributed by atoms with Crippen molar-refractivity contribution in [3.63, 3.8) is 0 Å². The number of rotatable bonds is 6. The lowest BCUT2D eigenvalue weighted by Crippen LogP contribution is -2.67. The van der Waals surface area contributed by atoms with E-state index in [1.165, 1.54) is 55.5 Å². The Morgan fingerprint density at radius 1 is 0.889 bits per heavy atom. The number of halogens is 1. The number of β-lactam (4-membered cyclic amide) rings is 1. The van der Waals surface area contributed by atoms with Gasteiger partial charge in [-0.15, -0.1) is 0 Å². The molecule has 3 aromatic carbocycles. The number of fused-ring (bicyclic) bond motifs is 1. The van der Waals surface area contributed by atoms with Gasteiger partial charge in [0.25, 0.3) is 23.4 Å². The lowest BCUT2D eigenvalue weighted by atomic mass is 9.85. The van der Waals surface area contributed by atoms with Crippen molar-refractivity contribution in [1.29, 1.82) is 0 Å². The Morgan fingerprint density at radius 3 is 2.25 bits per heavy atom. The molecule has 11 heteroatoms. The summed E-state index contributed by atoms with van der Waals surface area (Å²) in [5, 5.41) is 11.5. The van der Waals surface area contributed by atoms with E-state index >= 15 is 0 Å². The van der Waals surface area contributed by atoms with Crippen molar-refractivity contribution in [3.8, 4) is 11.5 Å². The van der Waals surface area contributed by atoms with Crippen molar-refractivity contribution in [3.05, 3.63) is 93.3 Å². The van der Waals surface area contributed by atoms with Crippen molar-refractivity contribution < 1.29 is 33.2 Å². The van der Waals surface area contributed by atoms with Gasteiger partial charge in [-0.05, 0) is 48.5 Å². The van der Waals surface area contributed by atoms with E-state index < -0.39 is 46.2 Å². The molecule has 0 unspecified atom stereocenters. The molecule has 36 heavy (non-hydrogen) atoms. The summed E-state index contributed by atoms with van der Waals surface area (Å²) < 4.78 is 24.4. The molecule has 0 aromatic heterocycles. The number of anilines is 1. The second-order valence-corrected chi connectivity index (χ2v) is 8.12. The van der Waals surface area contributed by atoms with Gasteiger partial charge in [0.1, 0.15) is 28.9 Å². The van der Waals surface area contributed by atoms with Crippen LogP contribution in [0.2, 0.25) is 0 Å². The maximum atomic E-state index is 13.6. The maximum Gasteiger partial charge on any atom is 0.282 e. The van der Waals surface area contributed by atoms with Gasteiger partial charge in [0.05, 0.1) is 30.7 Å². The molecule has 3 amide bonds. The predicted molar refractivity (Wildman–Crippen MR) is 124 cm³/mol. The molecular formula is C25H18FN3O7. The standard InChI is InChI=1S/C25H18FN3O7/c1-35-15-10-11-19(36-2)17(12-15)21-22(25(32)27(21)14-8-6-13(26)7-9-14)28-23(30)16-4-3-5-18(29(33)34)20(16)24(28)31/h3-12,21-22H,1-2H3/t21-,22-/m1/s1. The first-order valence-corrected chi connectivity index (χ1v) is 10.7. The minimum Gasteiger partial charge on any atom is -0.497 e. The number of hydrogen-bond acceptors (Lipinski definition) is 7. The molecule has 0 bridgehead atoms. The Bertz CT molecular complexity index is 1440. The number of methoxy groups -OCH3 is 2. The van der Waals surface area contributed by atoms with E-state index in [0.717, 1.165) is 11.0 Å². The van der Waals surface area contributed by atoms with E-state index in [-0.39, 0.29) is 11.1 Å². The molecule has 0 radical (unpaired) electrons. The first kappa shape index (κ1) is 23.0. The Hall–Kier alpha value is -4.80. The SMILES string of the molecule is COc1ccc(OC)c([C@@H]2[C@@H](N3C(=O)c4cccc([N+](=O)[O-])c4C3=O)C(=O)N2c2ccc(F)cc2)c1. The number of hydrogen-bond donors (Lipinski definition) is 0. The van der Waals surface area contributed by atoms with Gasteiger partial charge in [-0.25, -0.2) is 4.39 Å². The van der Waals surface area contributed by atoms with Crippen LogP contribution in [0.3, 0.4) is 0 Å². The highest BCUT2D eigenvalue weighted by molar-refractivity contribution is 6.26. The number of nitrogens with zero attached hydrogens (tertiary/aromatic N) is 3. The highest BCUT2D eigenvalue weighted by Crippen LogP contribution is 2.48. The molecule has 0 spiro atoms. The van der Waals surface area contributed by atoms with Crippen molar-refractivity contribution in [2.24, 2.45) is 0 Å². The minimum absolute atomic E-state index is 0.154. The average Bonchev–Trinajstić information content (AvgIpc) is 3.13. The first-order valence-electron chi connectivity index (χ1n) is 10.7. The van der Waals surface area contributed by atoms with Crippen LogP contribution in [-0.2, 0) is 4.79 Å². The van der Waals surface area contributed by atoms with Crippen LogP contribution in [-0.4, -0.2) is 47.8 Å². The fraction of sp³-hybridized carbons (Fsp3) is 0.160. The number of imide groups is 1. The van der Waals surface area contributed by atoms with Gasteiger partial charge in [0, 0.05) is 17.3 Å². The molecule has 0 N–H and O–H groups in total. The van der Waals surface area contributed by atoms with Gasteiger partial charge in [0.2, 0.25) is 0 Å². The molecule has 1 saturated heterocycles. The van der Waals surface area contributed by atoms with Gasteiger partial charge in [-0.1, -0.05) is 6.07 Å². The molecule has 2 atom stereocenters. The Balaban J connectivity index is 1.66. The molecule has 182 valence electrons. The number of carbonyl (C=O) groups excluding carboxylic acids is 3. The van der Waals surface area contributed by atoms with Gasteiger partial charge in [-0.2, -0.15) is 0 Å². The van der Waals surface area contributed by atoms with Crippen molar-refractivity contribution in [2.75, 3.05) is 19.1 Å². The molecule has 0 aliphatic carbocycles. The summed E-state index contributed by atoms with van der Waals surface area (Å²) in [5.41, 5.74) is -0.284. The van der Waals surface area contributed by atoms with Gasteiger partial charge in [-0.3, -0.25) is 29.4 Å². The molecule has 2 aliphatic heterocycles. The summed E-state index contributed by atoms with van der Waals surface area (Å²) in [6, 6.07) is 11.5. The highest BCUT2D eigenvalue weighted by atomic mass is 19.1. The number of benzene rings is 3. The number of nitro benzene ring substituents is 1. The van der Waals surface area contributed by atoms with Crippen molar-refractivity contribution in [1.82, 2.24) is 4.90 Å². The smallest absolute Gasteiger partial charge is 0.282 e. The van der Waals surface area contributed by atoms with Gasteiger partial charge in [0.15, 0.2) is 0 Å². The number of nitro groups is 1. The summed E-state index contributed by atoms with van der Waals surface area (Å²) >= 11 is 0. The molecule has 5 rings (SSSR count). The van der Waals surface area contributed by atoms with Gasteiger partial charge < -0.3 is 14.4 Å². The third-order valence-electron chi connectivity index (χ3n) is 6.33. The van der Waals surface area contributed by atoms with Crippen LogP contribution in [0.5, 0.6) is 11.5 Å². The second-order valence-electron chi connectivity index (χ2n) is 8.12. The Labute approximate surface area is 203 Å². The van der Waals surface area contributed by atoms with Crippen LogP contribution in [0.15, 0.2) is 60.7 Å². The summed E-state index contributed by atoms with van der Waals surface area (Å²) in [7, 11) is 2.88. The molecule has 2 aliphatic rings. The van der Waals surface area contributed by atoms with Crippen LogP contribution in [0.1, 0.15) is 32.3 Å². The van der Waals surface area contributed by atoms with E-state index in [0.29, 0.717) is 22.7 Å². The van der Waals surface area contributed by atoms with Crippen LogP contribution >= 0.6 is 0 Å². The second kappa shape index (κ2) is 8.45. The summed E-state index contributed by atoms with van der Waals surface area (Å²) in [6.07, 6.45) is 0. The Morgan fingerprint density at radius 2 is 1.61 bits per heavy atom. The van der Waals surface area contributed by atoms with Crippen LogP contribution in [0.25, 0.3) is 0 Å². The first-order chi connectivity index (χ1) is 17.3. The molecule has 10 nitrogen and oxygen atoms in total. The predicted octanol–water partition coefficient (Wildman–Crippen LogP) is 3.50. The zero-order chi connectivity index (χ0) is 25.7. The van der Waals surface area contributed by atoms with E-state index in [4.69, 9.17) is 9.47 Å². The fourth-order valence-electron chi connectivity index (χ4n) is 4.68. The third kappa shape index (κ3) is 3.28. The van der Waals surface area contributed by atoms with E-state index in [1.54, 1.807) is 18.2 Å². The minimum atomic E-state index is -1.33. The number of carbonyl (C=O) groups is 3. The third-order valence-corrected chi connectivity index (χ3v) is 6.33. The normalized spacial score (nSPS) is 18.7. The molecular weight excluding hydrogens is 473 g/mol. The zero-order valence-corrected chi connectivity index (χ0v) is 19.0. The highest BCUT2D eigenvalue weighted by Gasteiger charge is 2.59. The van der Waals surface area contributed by atoms with Gasteiger partial charge >= 0.3 is 0 Å². The molecule has 3 aromatic rings. The maximum absolute atomic E-state index is 13.6. The monoisotopic (exact) mass is 491 g/mol. The molecule has 2 heterocycles. The number of ether oxygens (including phenoxy) is 2. The summed E-state index contributed by atoms with van der Waals surface area (Å²) in [5.74, 6) is -2.09. The molecule has 0 saturated carbocycles. The van der Waals surface area contributed by atoms with Crippen LogP contribution in [0, 0.1) is 15.9 Å². The lowest BCUT2D eigenvalue weighted by molar-refractivity contribution is -0.385. The van der Waals surface area contributed by atoms with Crippen LogP contribution in [0.4, 0.5) is 15.8 Å². The topological polar surface area (TPSA) is 119 Å². The fourth-order valence-corrected chi connectivity index (χ4v) is 4.68. The van der Waals surface area contributed by atoms with E-state index in [2.05, 4.69) is 0 Å². The van der Waals surface area contributed by atoms with E-state index in [9.17, 15) is 28.9 Å². The summed E-state index contributed by atoms with van der Waals surface area (Å²) in [6.45, 7) is 0.